The van der Waals surface area contributed by atoms with E-state index < -0.39 is 35.9 Å². The monoisotopic (exact) mass is 280 g/mol. The van der Waals surface area contributed by atoms with E-state index in [-0.39, 0.29) is 6.61 Å². The number of hydrogen-bond acceptors (Lipinski definition) is 5. The van der Waals surface area contributed by atoms with Gasteiger partial charge in [-0.15, -0.1) is 0 Å². The number of esters is 1. The van der Waals surface area contributed by atoms with Crippen LogP contribution in [0.15, 0.2) is 6.20 Å². The molecule has 0 fully saturated rings. The molecule has 19 heavy (non-hydrogen) atoms. The smallest absolute Gasteiger partial charge is 0.436 e. The molecule has 10 heteroatoms. The van der Waals surface area contributed by atoms with Crippen LogP contribution in [0, 0.1) is 0 Å². The van der Waals surface area contributed by atoms with Gasteiger partial charge in [0.25, 0.3) is 5.91 Å². The Hall–Kier alpha value is -2.10. The van der Waals surface area contributed by atoms with Crippen molar-refractivity contribution < 1.29 is 27.5 Å². The number of amides is 1. The summed E-state index contributed by atoms with van der Waals surface area (Å²) in [5.74, 6) is 2.89. The van der Waals surface area contributed by atoms with Gasteiger partial charge in [-0.2, -0.15) is 18.3 Å². The van der Waals surface area contributed by atoms with E-state index in [1.165, 1.54) is 6.92 Å². The molecule has 1 rings (SSSR count). The molecule has 0 aromatic carbocycles. The minimum Gasteiger partial charge on any atom is -0.462 e. The zero-order valence-electron chi connectivity index (χ0n) is 9.82. The topological polar surface area (TPSA) is 99.2 Å². The Morgan fingerprint density at radius 1 is 1.53 bits per heavy atom. The van der Waals surface area contributed by atoms with Crippen molar-refractivity contribution in [2.24, 2.45) is 5.84 Å². The molecule has 0 saturated carbocycles. The lowest BCUT2D eigenvalue weighted by Gasteiger charge is -2.05. The van der Waals surface area contributed by atoms with Crippen molar-refractivity contribution in [1.29, 1.82) is 0 Å². The molecule has 0 bridgehead atoms. The van der Waals surface area contributed by atoms with E-state index in [2.05, 4.69) is 9.84 Å². The molecule has 1 heterocycles. The molecular weight excluding hydrogens is 269 g/mol. The fraction of sp³-hybridized carbons (Fsp3) is 0.444. The number of nitrogens with one attached hydrogen (secondary N) is 1. The van der Waals surface area contributed by atoms with Crippen molar-refractivity contribution in [3.8, 4) is 0 Å². The van der Waals surface area contributed by atoms with Gasteiger partial charge in [0, 0.05) is 6.20 Å². The van der Waals surface area contributed by atoms with Gasteiger partial charge in [0.1, 0.15) is 12.1 Å². The summed E-state index contributed by atoms with van der Waals surface area (Å²) in [6.45, 7) is 0.834. The summed E-state index contributed by atoms with van der Waals surface area (Å²) in [6.07, 6.45) is -4.04. The zero-order chi connectivity index (χ0) is 14.6. The van der Waals surface area contributed by atoms with Gasteiger partial charge in [-0.05, 0) is 6.92 Å². The average Bonchev–Trinajstić information content (AvgIpc) is 2.73. The van der Waals surface area contributed by atoms with Crippen LogP contribution in [0.4, 0.5) is 13.2 Å². The minimum absolute atomic E-state index is 0.0788. The molecular formula is C9H11F3N4O3. The van der Waals surface area contributed by atoms with Crippen molar-refractivity contribution in [3.05, 3.63) is 17.5 Å². The van der Waals surface area contributed by atoms with Crippen molar-refractivity contribution in [2.45, 2.75) is 19.6 Å². The molecule has 106 valence electrons. The molecule has 0 aliphatic heterocycles. The van der Waals surface area contributed by atoms with E-state index >= 15 is 0 Å². The molecule has 0 aliphatic carbocycles. The third-order valence-electron chi connectivity index (χ3n) is 1.99. The van der Waals surface area contributed by atoms with Gasteiger partial charge in [-0.3, -0.25) is 14.9 Å². The second kappa shape index (κ2) is 5.69. The first-order chi connectivity index (χ1) is 8.79. The maximum Gasteiger partial charge on any atom is 0.436 e. The Morgan fingerprint density at radius 3 is 2.63 bits per heavy atom. The number of carbonyl (C=O) groups excluding carboxylic acids is 2. The summed E-state index contributed by atoms with van der Waals surface area (Å²) in [5.41, 5.74) is -0.419. The lowest BCUT2D eigenvalue weighted by molar-refractivity contribution is -0.142. The summed E-state index contributed by atoms with van der Waals surface area (Å²) >= 11 is 0. The average molecular weight is 280 g/mol. The zero-order valence-corrected chi connectivity index (χ0v) is 9.82. The highest BCUT2D eigenvalue weighted by molar-refractivity contribution is 5.90. The Bertz CT molecular complexity index is 484. The third-order valence-corrected chi connectivity index (χ3v) is 1.99. The summed E-state index contributed by atoms with van der Waals surface area (Å²) in [4.78, 5) is 22.3. The summed E-state index contributed by atoms with van der Waals surface area (Å²) in [5, 5.41) is 3.15. The predicted molar refractivity (Wildman–Crippen MR) is 55.5 cm³/mol. The highest BCUT2D eigenvalue weighted by atomic mass is 19.4. The largest absolute Gasteiger partial charge is 0.462 e. The Morgan fingerprint density at radius 2 is 2.16 bits per heavy atom. The van der Waals surface area contributed by atoms with Gasteiger partial charge in [0.15, 0.2) is 5.69 Å². The van der Waals surface area contributed by atoms with Crippen LogP contribution < -0.4 is 11.3 Å². The summed E-state index contributed by atoms with van der Waals surface area (Å²) in [7, 11) is 0. The quantitative estimate of drug-likeness (QED) is 0.352. The maximum atomic E-state index is 12.7. The molecule has 3 N–H and O–H groups in total. The Kier molecular flexibility index (Phi) is 4.48. The van der Waals surface area contributed by atoms with E-state index in [1.807, 2.05) is 0 Å². The molecule has 0 atom stereocenters. The first kappa shape index (κ1) is 15.0. The van der Waals surface area contributed by atoms with E-state index in [0.717, 1.165) is 6.20 Å². The number of halogens is 3. The normalized spacial score (nSPS) is 11.2. The van der Waals surface area contributed by atoms with Gasteiger partial charge in [0.05, 0.1) is 6.61 Å². The fourth-order valence-corrected chi connectivity index (χ4v) is 1.26. The SMILES string of the molecule is CCOC(=O)c1cn(CC(=O)NN)nc1C(F)(F)F. The summed E-state index contributed by atoms with van der Waals surface area (Å²) < 4.78 is 43.2. The van der Waals surface area contributed by atoms with Crippen LogP contribution >= 0.6 is 0 Å². The van der Waals surface area contributed by atoms with Crippen LogP contribution in [0.25, 0.3) is 0 Å². The van der Waals surface area contributed by atoms with Crippen LogP contribution in [-0.2, 0) is 22.3 Å². The van der Waals surface area contributed by atoms with Crippen LogP contribution in [-0.4, -0.2) is 28.3 Å². The molecule has 0 spiro atoms. The molecule has 0 saturated heterocycles. The molecule has 0 aliphatic rings. The van der Waals surface area contributed by atoms with Gasteiger partial charge in [0.2, 0.25) is 0 Å². The number of nitrogens with two attached hydrogens (primary N) is 1. The van der Waals surface area contributed by atoms with Crippen LogP contribution in [0.2, 0.25) is 0 Å². The number of hydrogen-bond donors (Lipinski definition) is 2. The second-order valence-electron chi connectivity index (χ2n) is 3.37. The molecule has 7 nitrogen and oxygen atoms in total. The van der Waals surface area contributed by atoms with Gasteiger partial charge >= 0.3 is 12.1 Å². The third kappa shape index (κ3) is 3.68. The standard InChI is InChI=1S/C9H11F3N4O3/c1-2-19-8(18)5-3-16(4-6(17)14-13)15-7(5)9(10,11)12/h3H,2,4,13H2,1H3,(H,14,17). The van der Waals surface area contributed by atoms with Crippen molar-refractivity contribution in [1.82, 2.24) is 15.2 Å². The molecule has 0 radical (unpaired) electrons. The number of ether oxygens (including phenoxy) is 1. The Balaban J connectivity index is 3.13. The maximum absolute atomic E-state index is 12.7. The predicted octanol–water partition coefficient (Wildman–Crippen LogP) is 0.0685. The molecule has 0 unspecified atom stereocenters. The fourth-order valence-electron chi connectivity index (χ4n) is 1.26. The van der Waals surface area contributed by atoms with Gasteiger partial charge in [-0.1, -0.05) is 0 Å². The number of alkyl halides is 3. The van der Waals surface area contributed by atoms with E-state index in [0.29, 0.717) is 4.68 Å². The van der Waals surface area contributed by atoms with Crippen LogP contribution in [0.5, 0.6) is 0 Å². The minimum atomic E-state index is -4.83. The molecule has 1 aromatic heterocycles. The van der Waals surface area contributed by atoms with Gasteiger partial charge < -0.3 is 4.74 Å². The molecule has 1 amide bonds. The van der Waals surface area contributed by atoms with Crippen LogP contribution in [0.3, 0.4) is 0 Å². The highest BCUT2D eigenvalue weighted by Gasteiger charge is 2.39. The highest BCUT2D eigenvalue weighted by Crippen LogP contribution is 2.31. The van der Waals surface area contributed by atoms with Gasteiger partial charge in [-0.25, -0.2) is 10.6 Å². The molecule has 1 aromatic rings. The van der Waals surface area contributed by atoms with E-state index in [9.17, 15) is 22.8 Å². The van der Waals surface area contributed by atoms with Crippen LogP contribution in [0.1, 0.15) is 23.0 Å². The van der Waals surface area contributed by atoms with Crippen molar-refractivity contribution in [3.63, 3.8) is 0 Å². The number of nitrogens with zero attached hydrogens (tertiary/aromatic N) is 2. The van der Waals surface area contributed by atoms with Crippen molar-refractivity contribution >= 4 is 11.9 Å². The number of hydrazine groups is 1. The first-order valence-corrected chi connectivity index (χ1v) is 5.10. The van der Waals surface area contributed by atoms with Crippen molar-refractivity contribution in [2.75, 3.05) is 6.61 Å². The van der Waals surface area contributed by atoms with E-state index in [4.69, 9.17) is 5.84 Å². The number of carbonyl (C=O) groups is 2. The number of aromatic nitrogens is 2. The van der Waals surface area contributed by atoms with E-state index in [1.54, 1.807) is 5.43 Å². The second-order valence-corrected chi connectivity index (χ2v) is 3.37. The summed E-state index contributed by atoms with van der Waals surface area (Å²) in [6, 6.07) is 0. The number of rotatable bonds is 4. The first-order valence-electron chi connectivity index (χ1n) is 5.10. The lowest BCUT2D eigenvalue weighted by atomic mass is 10.2. The Labute approximate surface area is 105 Å². The lowest BCUT2D eigenvalue weighted by Crippen LogP contribution is -2.33.